The number of nitrogens with zero attached hydrogens (tertiary/aromatic N) is 1. The Hall–Kier alpha value is -0.870. The van der Waals surface area contributed by atoms with E-state index in [4.69, 9.17) is 10.5 Å². The Labute approximate surface area is 115 Å². The van der Waals surface area contributed by atoms with Gasteiger partial charge in [-0.1, -0.05) is 13.8 Å². The molecule has 0 saturated heterocycles. The van der Waals surface area contributed by atoms with Crippen molar-refractivity contribution < 1.29 is 4.74 Å². The van der Waals surface area contributed by atoms with Gasteiger partial charge in [-0.05, 0) is 38.2 Å². The molecule has 0 atom stereocenters. The second-order valence-electron chi connectivity index (χ2n) is 4.01. The fourth-order valence-electron chi connectivity index (χ4n) is 1.72. The zero-order chi connectivity index (χ0) is 13.4. The van der Waals surface area contributed by atoms with Crippen molar-refractivity contribution in [3.8, 4) is 5.75 Å². The molecular formula is C14H24N2OS. The smallest absolute Gasteiger partial charge is 0.120 e. The molecule has 0 bridgehead atoms. The molecule has 0 spiro atoms. The van der Waals surface area contributed by atoms with Gasteiger partial charge in [-0.2, -0.15) is 0 Å². The van der Waals surface area contributed by atoms with Gasteiger partial charge in [-0.25, -0.2) is 0 Å². The summed E-state index contributed by atoms with van der Waals surface area (Å²) in [6.45, 7) is 10.4. The fraction of sp³-hybridized carbons (Fsp3) is 0.571. The molecule has 102 valence electrons. The highest BCUT2D eigenvalue weighted by atomic mass is 32.2. The van der Waals surface area contributed by atoms with E-state index in [9.17, 15) is 0 Å². The van der Waals surface area contributed by atoms with Crippen LogP contribution in [0, 0.1) is 0 Å². The van der Waals surface area contributed by atoms with Gasteiger partial charge in [0.05, 0.1) is 6.61 Å². The second-order valence-corrected chi connectivity index (χ2v) is 5.14. The maximum atomic E-state index is 5.98. The molecule has 0 fully saturated rings. The third-order valence-electron chi connectivity index (χ3n) is 2.86. The van der Waals surface area contributed by atoms with Gasteiger partial charge in [-0.15, -0.1) is 11.8 Å². The van der Waals surface area contributed by atoms with E-state index in [1.54, 1.807) is 11.8 Å². The van der Waals surface area contributed by atoms with Gasteiger partial charge in [0.1, 0.15) is 5.75 Å². The monoisotopic (exact) mass is 268 g/mol. The Bertz CT molecular complexity index is 354. The number of nitrogen functional groups attached to an aromatic ring is 1. The summed E-state index contributed by atoms with van der Waals surface area (Å²) in [6, 6.07) is 5.88. The SMILES string of the molecule is CCOc1ccc(N)c(SCCN(CC)CC)c1. The van der Waals surface area contributed by atoms with Crippen LogP contribution in [0.4, 0.5) is 5.69 Å². The van der Waals surface area contributed by atoms with Gasteiger partial charge in [-0.3, -0.25) is 0 Å². The zero-order valence-corrected chi connectivity index (χ0v) is 12.4. The quantitative estimate of drug-likeness (QED) is 0.581. The van der Waals surface area contributed by atoms with E-state index in [1.807, 2.05) is 25.1 Å². The molecule has 1 aromatic carbocycles. The number of hydrogen-bond donors (Lipinski definition) is 1. The molecular weight excluding hydrogens is 244 g/mol. The predicted octanol–water partition coefficient (Wildman–Crippen LogP) is 3.10. The average molecular weight is 268 g/mol. The van der Waals surface area contributed by atoms with Crippen molar-refractivity contribution in [2.45, 2.75) is 25.7 Å². The third-order valence-corrected chi connectivity index (χ3v) is 3.91. The van der Waals surface area contributed by atoms with Gasteiger partial charge in [0.2, 0.25) is 0 Å². The first-order chi connectivity index (χ1) is 8.71. The molecule has 18 heavy (non-hydrogen) atoms. The third kappa shape index (κ3) is 4.78. The normalized spacial score (nSPS) is 10.9. The molecule has 3 nitrogen and oxygen atoms in total. The van der Waals surface area contributed by atoms with Crippen LogP contribution in [0.15, 0.2) is 23.1 Å². The Kier molecular flexibility index (Phi) is 6.98. The largest absolute Gasteiger partial charge is 0.494 e. The molecule has 0 aliphatic rings. The molecule has 0 aliphatic carbocycles. The van der Waals surface area contributed by atoms with Crippen molar-refractivity contribution >= 4 is 17.4 Å². The van der Waals surface area contributed by atoms with E-state index < -0.39 is 0 Å². The van der Waals surface area contributed by atoms with Crippen LogP contribution < -0.4 is 10.5 Å². The topological polar surface area (TPSA) is 38.5 Å². The molecule has 0 saturated carbocycles. The highest BCUT2D eigenvalue weighted by Gasteiger charge is 2.04. The molecule has 1 rings (SSSR count). The molecule has 0 unspecified atom stereocenters. The number of nitrogens with two attached hydrogens (primary N) is 1. The lowest BCUT2D eigenvalue weighted by molar-refractivity contribution is 0.324. The predicted molar refractivity (Wildman–Crippen MR) is 80.5 cm³/mol. The van der Waals surface area contributed by atoms with Crippen molar-refractivity contribution in [2.24, 2.45) is 0 Å². The number of thioether (sulfide) groups is 1. The maximum Gasteiger partial charge on any atom is 0.120 e. The van der Waals surface area contributed by atoms with Crippen LogP contribution >= 0.6 is 11.8 Å². The van der Waals surface area contributed by atoms with Crippen LogP contribution in [-0.2, 0) is 0 Å². The number of rotatable bonds is 8. The minimum absolute atomic E-state index is 0.688. The van der Waals surface area contributed by atoms with Crippen LogP contribution in [0.3, 0.4) is 0 Å². The van der Waals surface area contributed by atoms with Crippen molar-refractivity contribution in [1.82, 2.24) is 4.90 Å². The van der Waals surface area contributed by atoms with Crippen LogP contribution in [0.25, 0.3) is 0 Å². The van der Waals surface area contributed by atoms with E-state index in [-0.39, 0.29) is 0 Å². The lowest BCUT2D eigenvalue weighted by Gasteiger charge is -2.17. The molecule has 0 aromatic heterocycles. The average Bonchev–Trinajstić information content (AvgIpc) is 2.38. The van der Waals surface area contributed by atoms with Crippen molar-refractivity contribution in [3.63, 3.8) is 0 Å². The van der Waals surface area contributed by atoms with Crippen molar-refractivity contribution in [1.29, 1.82) is 0 Å². The van der Waals surface area contributed by atoms with Crippen LogP contribution in [0.1, 0.15) is 20.8 Å². The number of hydrogen-bond acceptors (Lipinski definition) is 4. The Morgan fingerprint density at radius 2 is 1.94 bits per heavy atom. The summed E-state index contributed by atoms with van der Waals surface area (Å²) >= 11 is 1.80. The van der Waals surface area contributed by atoms with Gasteiger partial charge < -0.3 is 15.4 Å². The van der Waals surface area contributed by atoms with E-state index >= 15 is 0 Å². The minimum Gasteiger partial charge on any atom is -0.494 e. The fourth-order valence-corrected chi connectivity index (χ4v) is 2.72. The summed E-state index contributed by atoms with van der Waals surface area (Å²) < 4.78 is 5.49. The highest BCUT2D eigenvalue weighted by Crippen LogP contribution is 2.29. The van der Waals surface area contributed by atoms with Crippen molar-refractivity contribution in [2.75, 3.05) is 37.7 Å². The standard InChI is InChI=1S/C14H24N2OS/c1-4-16(5-2)9-10-18-14-11-12(17-6-3)7-8-13(14)15/h7-8,11H,4-6,9-10,15H2,1-3H3. The van der Waals surface area contributed by atoms with Gasteiger partial charge in [0, 0.05) is 22.9 Å². The molecule has 0 aliphatic heterocycles. The number of anilines is 1. The van der Waals surface area contributed by atoms with Gasteiger partial charge >= 0.3 is 0 Å². The maximum absolute atomic E-state index is 5.98. The lowest BCUT2D eigenvalue weighted by atomic mass is 10.3. The minimum atomic E-state index is 0.688. The number of benzene rings is 1. The van der Waals surface area contributed by atoms with Gasteiger partial charge in [0.15, 0.2) is 0 Å². The Balaban J connectivity index is 2.52. The summed E-state index contributed by atoms with van der Waals surface area (Å²) in [5.41, 5.74) is 6.81. The van der Waals surface area contributed by atoms with E-state index in [2.05, 4.69) is 18.7 Å². The first kappa shape index (κ1) is 15.2. The Morgan fingerprint density at radius 1 is 1.22 bits per heavy atom. The summed E-state index contributed by atoms with van der Waals surface area (Å²) in [4.78, 5) is 3.53. The van der Waals surface area contributed by atoms with Crippen LogP contribution in [0.5, 0.6) is 5.75 Å². The highest BCUT2D eigenvalue weighted by molar-refractivity contribution is 7.99. The molecule has 4 heteroatoms. The Morgan fingerprint density at radius 3 is 2.56 bits per heavy atom. The van der Waals surface area contributed by atoms with E-state index in [0.29, 0.717) is 6.61 Å². The summed E-state index contributed by atoms with van der Waals surface area (Å²) in [5, 5.41) is 0. The second kappa shape index (κ2) is 8.27. The zero-order valence-electron chi connectivity index (χ0n) is 11.6. The summed E-state index contributed by atoms with van der Waals surface area (Å²) in [5.74, 6) is 1.96. The first-order valence-electron chi connectivity index (χ1n) is 6.58. The first-order valence-corrected chi connectivity index (χ1v) is 7.57. The van der Waals surface area contributed by atoms with Crippen LogP contribution in [-0.4, -0.2) is 36.9 Å². The van der Waals surface area contributed by atoms with E-state index in [0.717, 1.165) is 41.7 Å². The molecule has 1 aromatic rings. The number of ether oxygens (including phenoxy) is 1. The van der Waals surface area contributed by atoms with Crippen molar-refractivity contribution in [3.05, 3.63) is 18.2 Å². The summed E-state index contributed by atoms with van der Waals surface area (Å²) in [7, 11) is 0. The van der Waals surface area contributed by atoms with Gasteiger partial charge in [0.25, 0.3) is 0 Å². The van der Waals surface area contributed by atoms with E-state index in [1.165, 1.54) is 0 Å². The molecule has 0 amide bonds. The molecule has 0 radical (unpaired) electrons. The lowest BCUT2D eigenvalue weighted by Crippen LogP contribution is -2.25. The molecule has 0 heterocycles. The van der Waals surface area contributed by atoms with Crippen LogP contribution in [0.2, 0.25) is 0 Å². The summed E-state index contributed by atoms with van der Waals surface area (Å²) in [6.07, 6.45) is 0. The molecule has 2 N–H and O–H groups in total.